The summed E-state index contributed by atoms with van der Waals surface area (Å²) in [6.07, 6.45) is 4.27. The normalized spacial score (nSPS) is 31.7. The molecule has 3 atom stereocenters. The minimum atomic E-state index is -0.774. The number of rotatable bonds is 5. The number of nitrogens with zero attached hydrogens (tertiary/aromatic N) is 3. The first-order chi connectivity index (χ1) is 13.0. The minimum absolute atomic E-state index is 0.188. The summed E-state index contributed by atoms with van der Waals surface area (Å²) in [6.45, 7) is 10.6. The van der Waals surface area contributed by atoms with Gasteiger partial charge in [-0.2, -0.15) is 0 Å². The molecule has 1 saturated carbocycles. The molecule has 3 rings (SSSR count). The number of amides is 2. The predicted molar refractivity (Wildman–Crippen MR) is 103 cm³/mol. The van der Waals surface area contributed by atoms with Crippen LogP contribution in [0.1, 0.15) is 52.9 Å². The molecule has 0 bridgehead atoms. The molecule has 154 valence electrons. The Labute approximate surface area is 162 Å². The van der Waals surface area contributed by atoms with Gasteiger partial charge < -0.3 is 19.6 Å². The van der Waals surface area contributed by atoms with Crippen molar-refractivity contribution in [3.8, 4) is 0 Å². The van der Waals surface area contributed by atoms with Gasteiger partial charge in [0.2, 0.25) is 0 Å². The van der Waals surface area contributed by atoms with Gasteiger partial charge in [-0.1, -0.05) is 13.3 Å². The number of hydrogen-bond donors (Lipinski definition) is 1. The fraction of sp³-hybridized carbons (Fsp3) is 0.900. The van der Waals surface area contributed by atoms with Crippen molar-refractivity contribution in [3.63, 3.8) is 0 Å². The van der Waals surface area contributed by atoms with Gasteiger partial charge in [0.25, 0.3) is 0 Å². The van der Waals surface area contributed by atoms with Gasteiger partial charge in [-0.15, -0.1) is 0 Å². The lowest BCUT2D eigenvalue weighted by molar-refractivity contribution is -0.0816. The summed E-state index contributed by atoms with van der Waals surface area (Å²) >= 11 is 0. The fourth-order valence-electron chi connectivity index (χ4n) is 5.85. The standard InChI is InChI=1S/C20H35N3O4/c1-4-16-17(13-20(16)9-12-22(14-20)18(24)25)21-10-7-15(8-11-21)23(5-2)19(26)27-6-3/h15-17H,4-14H2,1-3H3,(H,24,25). The lowest BCUT2D eigenvalue weighted by Crippen LogP contribution is -2.62. The Morgan fingerprint density at radius 1 is 1.19 bits per heavy atom. The highest BCUT2D eigenvalue weighted by Crippen LogP contribution is 2.56. The topological polar surface area (TPSA) is 73.3 Å². The van der Waals surface area contributed by atoms with Crippen LogP contribution in [-0.4, -0.2) is 83.4 Å². The Bertz CT molecular complexity index is 549. The van der Waals surface area contributed by atoms with Crippen molar-refractivity contribution >= 4 is 12.2 Å². The van der Waals surface area contributed by atoms with Crippen molar-refractivity contribution in [2.24, 2.45) is 11.3 Å². The van der Waals surface area contributed by atoms with Gasteiger partial charge in [0.1, 0.15) is 0 Å². The van der Waals surface area contributed by atoms with E-state index in [9.17, 15) is 14.7 Å². The highest BCUT2D eigenvalue weighted by atomic mass is 16.6. The third-order valence-corrected chi connectivity index (χ3v) is 7.21. The van der Waals surface area contributed by atoms with E-state index in [0.717, 1.165) is 45.2 Å². The first kappa shape index (κ1) is 20.2. The number of carbonyl (C=O) groups is 2. The third-order valence-electron chi connectivity index (χ3n) is 7.21. The summed E-state index contributed by atoms with van der Waals surface area (Å²) in [5.41, 5.74) is 0.203. The van der Waals surface area contributed by atoms with Gasteiger partial charge in [0.15, 0.2) is 0 Å². The zero-order chi connectivity index (χ0) is 19.6. The average Bonchev–Trinajstić information content (AvgIpc) is 3.09. The molecular formula is C20H35N3O4. The van der Waals surface area contributed by atoms with Crippen LogP contribution in [0.3, 0.4) is 0 Å². The molecule has 2 amide bonds. The van der Waals surface area contributed by atoms with E-state index in [2.05, 4.69) is 11.8 Å². The summed E-state index contributed by atoms with van der Waals surface area (Å²) in [6, 6.07) is 0.843. The van der Waals surface area contributed by atoms with Crippen LogP contribution in [0.2, 0.25) is 0 Å². The van der Waals surface area contributed by atoms with Crippen molar-refractivity contribution in [3.05, 3.63) is 0 Å². The largest absolute Gasteiger partial charge is 0.465 e. The van der Waals surface area contributed by atoms with Gasteiger partial charge >= 0.3 is 12.2 Å². The van der Waals surface area contributed by atoms with E-state index in [1.54, 1.807) is 4.90 Å². The van der Waals surface area contributed by atoms with E-state index in [4.69, 9.17) is 4.74 Å². The third kappa shape index (κ3) is 3.75. The summed E-state index contributed by atoms with van der Waals surface area (Å²) in [7, 11) is 0. The number of hydrogen-bond acceptors (Lipinski definition) is 4. The number of carbonyl (C=O) groups excluding carboxylic acids is 1. The maximum atomic E-state index is 12.1. The maximum Gasteiger partial charge on any atom is 0.409 e. The zero-order valence-electron chi connectivity index (χ0n) is 17.0. The van der Waals surface area contributed by atoms with Crippen LogP contribution in [0.5, 0.6) is 0 Å². The molecule has 2 heterocycles. The number of carboxylic acid groups (broad SMARTS) is 1. The molecule has 0 aromatic rings. The Kier molecular flexibility index (Phi) is 6.18. The second kappa shape index (κ2) is 8.25. The molecule has 1 spiro atoms. The van der Waals surface area contributed by atoms with Gasteiger partial charge in [0, 0.05) is 44.8 Å². The first-order valence-electron chi connectivity index (χ1n) is 10.6. The highest BCUT2D eigenvalue weighted by Gasteiger charge is 2.58. The fourth-order valence-corrected chi connectivity index (χ4v) is 5.85. The Hall–Kier alpha value is -1.50. The Morgan fingerprint density at radius 3 is 2.41 bits per heavy atom. The van der Waals surface area contributed by atoms with Crippen LogP contribution in [-0.2, 0) is 4.74 Å². The second-order valence-electron chi connectivity index (χ2n) is 8.35. The monoisotopic (exact) mass is 381 g/mol. The molecular weight excluding hydrogens is 346 g/mol. The van der Waals surface area contributed by atoms with E-state index >= 15 is 0 Å². The number of ether oxygens (including phenoxy) is 1. The number of piperidine rings is 1. The quantitative estimate of drug-likeness (QED) is 0.792. The molecule has 27 heavy (non-hydrogen) atoms. The molecule has 2 saturated heterocycles. The predicted octanol–water partition coefficient (Wildman–Crippen LogP) is 3.10. The van der Waals surface area contributed by atoms with Crippen molar-refractivity contribution in [1.29, 1.82) is 0 Å². The molecule has 3 unspecified atom stereocenters. The second-order valence-corrected chi connectivity index (χ2v) is 8.35. The van der Waals surface area contributed by atoms with Crippen LogP contribution in [0, 0.1) is 11.3 Å². The van der Waals surface area contributed by atoms with Gasteiger partial charge in [-0.3, -0.25) is 4.90 Å². The SMILES string of the molecule is CCOC(=O)N(CC)C1CCN(C2CC3(CCN(C(=O)O)C3)C2CC)CC1. The molecule has 7 nitrogen and oxygen atoms in total. The average molecular weight is 382 g/mol. The van der Waals surface area contributed by atoms with Crippen molar-refractivity contribution in [1.82, 2.24) is 14.7 Å². The van der Waals surface area contributed by atoms with Crippen LogP contribution in [0.25, 0.3) is 0 Å². The van der Waals surface area contributed by atoms with Crippen LogP contribution in [0.15, 0.2) is 0 Å². The maximum absolute atomic E-state index is 12.1. The molecule has 3 aliphatic rings. The van der Waals surface area contributed by atoms with Crippen molar-refractivity contribution in [2.45, 2.75) is 65.0 Å². The molecule has 0 radical (unpaired) electrons. The lowest BCUT2D eigenvalue weighted by Gasteiger charge is -2.58. The zero-order valence-corrected chi connectivity index (χ0v) is 17.0. The molecule has 1 N–H and O–H groups in total. The van der Waals surface area contributed by atoms with Gasteiger partial charge in [-0.05, 0) is 50.9 Å². The molecule has 0 aromatic carbocycles. The van der Waals surface area contributed by atoms with Crippen LogP contribution < -0.4 is 0 Å². The molecule has 1 aliphatic carbocycles. The van der Waals surface area contributed by atoms with E-state index < -0.39 is 6.09 Å². The first-order valence-corrected chi connectivity index (χ1v) is 10.6. The molecule has 2 aliphatic heterocycles. The molecule has 3 fully saturated rings. The van der Waals surface area contributed by atoms with Crippen molar-refractivity contribution < 1.29 is 19.4 Å². The van der Waals surface area contributed by atoms with Crippen molar-refractivity contribution in [2.75, 3.05) is 39.3 Å². The van der Waals surface area contributed by atoms with E-state index in [-0.39, 0.29) is 17.6 Å². The minimum Gasteiger partial charge on any atom is -0.465 e. The summed E-state index contributed by atoms with van der Waals surface area (Å²) in [4.78, 5) is 29.5. The Balaban J connectivity index is 1.54. The van der Waals surface area contributed by atoms with E-state index in [1.165, 1.54) is 0 Å². The van der Waals surface area contributed by atoms with Crippen LogP contribution in [0.4, 0.5) is 9.59 Å². The number of likely N-dealkylation sites (tertiary alicyclic amines) is 2. The van der Waals surface area contributed by atoms with Crippen LogP contribution >= 0.6 is 0 Å². The summed E-state index contributed by atoms with van der Waals surface area (Å²) in [5.74, 6) is 0.589. The smallest absolute Gasteiger partial charge is 0.409 e. The van der Waals surface area contributed by atoms with Gasteiger partial charge in [-0.25, -0.2) is 9.59 Å². The molecule has 7 heteroatoms. The summed E-state index contributed by atoms with van der Waals surface area (Å²) < 4.78 is 5.20. The van der Waals surface area contributed by atoms with E-state index in [0.29, 0.717) is 38.2 Å². The lowest BCUT2D eigenvalue weighted by atomic mass is 9.54. The van der Waals surface area contributed by atoms with E-state index in [1.807, 2.05) is 18.7 Å². The summed E-state index contributed by atoms with van der Waals surface area (Å²) in [5, 5.41) is 9.30. The molecule has 0 aromatic heterocycles. The highest BCUT2D eigenvalue weighted by molar-refractivity contribution is 5.68. The van der Waals surface area contributed by atoms with Gasteiger partial charge in [0.05, 0.1) is 6.61 Å². The Morgan fingerprint density at radius 2 is 1.89 bits per heavy atom.